The van der Waals surface area contributed by atoms with E-state index >= 15 is 0 Å². The van der Waals surface area contributed by atoms with Gasteiger partial charge < -0.3 is 15.0 Å². The second-order valence-electron chi connectivity index (χ2n) is 5.86. The summed E-state index contributed by atoms with van der Waals surface area (Å²) < 4.78 is 5.47. The molecule has 0 fully saturated rings. The Labute approximate surface area is 147 Å². The third kappa shape index (κ3) is 5.83. The monoisotopic (exact) mass is 345 g/mol. The number of rotatable bonds is 9. The molecule has 0 aliphatic carbocycles. The fourth-order valence-corrected chi connectivity index (χ4v) is 3.18. The summed E-state index contributed by atoms with van der Waals surface area (Å²) >= 11 is 1.66. The van der Waals surface area contributed by atoms with Gasteiger partial charge in [0, 0.05) is 10.4 Å². The van der Waals surface area contributed by atoms with Crippen LogP contribution in [-0.4, -0.2) is 26.1 Å². The van der Waals surface area contributed by atoms with Gasteiger partial charge in [0.15, 0.2) is 6.54 Å². The van der Waals surface area contributed by atoms with Crippen LogP contribution in [-0.2, 0) is 11.3 Å². The molecule has 0 radical (unpaired) electrons. The van der Waals surface area contributed by atoms with Gasteiger partial charge in [-0.05, 0) is 42.6 Å². The first kappa shape index (κ1) is 18.2. The number of hydrogen-bond donors (Lipinski definition) is 2. The smallest absolute Gasteiger partial charge is 0.275 e. The molecule has 1 aromatic carbocycles. The van der Waals surface area contributed by atoms with Gasteiger partial charge in [0.25, 0.3) is 5.91 Å². The first-order chi connectivity index (χ1) is 11.6. The molecule has 0 spiro atoms. The summed E-state index contributed by atoms with van der Waals surface area (Å²) in [6.45, 7) is 7.40. The maximum Gasteiger partial charge on any atom is 0.275 e. The fraction of sp³-hybridized carbons (Fsp3) is 0.316. The highest BCUT2D eigenvalue weighted by atomic mass is 32.1. The summed E-state index contributed by atoms with van der Waals surface area (Å²) in [5, 5.41) is 5.08. The van der Waals surface area contributed by atoms with Gasteiger partial charge in [-0.2, -0.15) is 0 Å². The minimum atomic E-state index is 0.0617. The van der Waals surface area contributed by atoms with Crippen molar-refractivity contribution < 1.29 is 14.4 Å². The molecule has 1 heterocycles. The Bertz CT molecular complexity index is 638. The van der Waals surface area contributed by atoms with E-state index in [4.69, 9.17) is 4.74 Å². The van der Waals surface area contributed by atoms with Gasteiger partial charge in [-0.25, -0.2) is 0 Å². The normalized spacial score (nSPS) is 13.1. The van der Waals surface area contributed by atoms with Crippen LogP contribution in [0.1, 0.15) is 23.4 Å². The van der Waals surface area contributed by atoms with E-state index in [9.17, 15) is 4.79 Å². The molecule has 1 unspecified atom stereocenters. The van der Waals surface area contributed by atoms with Crippen LogP contribution >= 0.6 is 11.3 Å². The van der Waals surface area contributed by atoms with Crippen LogP contribution in [0.25, 0.3) is 0 Å². The molecule has 128 valence electrons. The van der Waals surface area contributed by atoms with Gasteiger partial charge in [-0.1, -0.05) is 18.7 Å². The molecule has 1 amide bonds. The number of amides is 1. The first-order valence-electron chi connectivity index (χ1n) is 8.05. The van der Waals surface area contributed by atoms with Crippen LogP contribution in [0.5, 0.6) is 5.75 Å². The molecule has 2 atom stereocenters. The molecule has 5 heteroatoms. The number of hydrogen-bond acceptors (Lipinski definition) is 3. The minimum Gasteiger partial charge on any atom is -0.490 e. The van der Waals surface area contributed by atoms with Crippen LogP contribution in [0, 0.1) is 0 Å². The first-order valence-corrected chi connectivity index (χ1v) is 8.93. The lowest BCUT2D eigenvalue weighted by atomic mass is 10.2. The van der Waals surface area contributed by atoms with Gasteiger partial charge in [0.2, 0.25) is 0 Å². The highest BCUT2D eigenvalue weighted by Gasteiger charge is 2.14. The number of carbonyl (C=O) groups excluding carboxylic acids is 1. The zero-order valence-corrected chi connectivity index (χ0v) is 15.1. The van der Waals surface area contributed by atoms with Gasteiger partial charge >= 0.3 is 0 Å². The predicted octanol–water partition coefficient (Wildman–Crippen LogP) is 2.21. The molecule has 4 nitrogen and oxygen atoms in total. The lowest BCUT2D eigenvalue weighted by Gasteiger charge is -2.16. The Hall–Kier alpha value is -2.11. The van der Waals surface area contributed by atoms with Crippen LogP contribution in [0.15, 0.2) is 54.4 Å². The van der Waals surface area contributed by atoms with Gasteiger partial charge in [0.1, 0.15) is 18.9 Å². The summed E-state index contributed by atoms with van der Waals surface area (Å²) in [7, 11) is 2.03. The Kier molecular flexibility index (Phi) is 7.03. The molecular formula is C19H25N2O2S+. The molecule has 2 rings (SSSR count). The van der Waals surface area contributed by atoms with E-state index in [2.05, 4.69) is 11.9 Å². The van der Waals surface area contributed by atoms with E-state index < -0.39 is 0 Å². The van der Waals surface area contributed by atoms with Crippen molar-refractivity contribution in [3.8, 4) is 5.75 Å². The maximum atomic E-state index is 12.2. The van der Waals surface area contributed by atoms with E-state index in [0.717, 1.165) is 17.2 Å². The zero-order chi connectivity index (χ0) is 17.4. The molecule has 24 heavy (non-hydrogen) atoms. The third-order valence-electron chi connectivity index (χ3n) is 3.61. The van der Waals surface area contributed by atoms with Crippen LogP contribution < -0.4 is 15.0 Å². The molecule has 0 aliphatic rings. The number of likely N-dealkylation sites (N-methyl/N-ethyl adjacent to an activating group) is 1. The summed E-state index contributed by atoms with van der Waals surface area (Å²) in [6.07, 6.45) is 1.72. The molecular weight excluding hydrogens is 320 g/mol. The van der Waals surface area contributed by atoms with Crippen molar-refractivity contribution in [2.24, 2.45) is 0 Å². The molecule has 0 saturated heterocycles. The fourth-order valence-electron chi connectivity index (χ4n) is 2.45. The maximum absolute atomic E-state index is 12.2. The summed E-state index contributed by atoms with van der Waals surface area (Å²) in [5.41, 5.74) is 1.18. The molecule has 0 saturated carbocycles. The largest absolute Gasteiger partial charge is 0.490 e. The summed E-state index contributed by atoms with van der Waals surface area (Å²) in [6, 6.07) is 12.1. The van der Waals surface area contributed by atoms with Crippen molar-refractivity contribution in [1.82, 2.24) is 5.32 Å². The van der Waals surface area contributed by atoms with Crippen molar-refractivity contribution in [2.45, 2.75) is 19.5 Å². The van der Waals surface area contributed by atoms with Crippen LogP contribution in [0.2, 0.25) is 0 Å². The Morgan fingerprint density at radius 1 is 1.38 bits per heavy atom. The number of thiophene rings is 1. The Morgan fingerprint density at radius 3 is 2.75 bits per heavy atom. The molecule has 2 aromatic rings. The van der Waals surface area contributed by atoms with Crippen LogP contribution in [0.4, 0.5) is 0 Å². The van der Waals surface area contributed by atoms with E-state index in [1.165, 1.54) is 10.4 Å². The minimum absolute atomic E-state index is 0.0617. The second kappa shape index (κ2) is 9.25. The Balaban J connectivity index is 1.78. The summed E-state index contributed by atoms with van der Waals surface area (Å²) in [5.74, 6) is 0.901. The lowest BCUT2D eigenvalue weighted by molar-refractivity contribution is -0.885. The van der Waals surface area contributed by atoms with Crippen molar-refractivity contribution >= 4 is 17.2 Å². The average molecular weight is 345 g/mol. The Morgan fingerprint density at radius 2 is 2.12 bits per heavy atom. The molecule has 0 aliphatic heterocycles. The number of ether oxygens (including phenoxy) is 1. The third-order valence-corrected chi connectivity index (χ3v) is 4.66. The number of benzene rings is 1. The number of carbonyl (C=O) groups is 1. The second-order valence-corrected chi connectivity index (χ2v) is 6.84. The van der Waals surface area contributed by atoms with E-state index in [-0.39, 0.29) is 11.9 Å². The highest BCUT2D eigenvalue weighted by Crippen LogP contribution is 2.17. The van der Waals surface area contributed by atoms with E-state index in [1.807, 2.05) is 55.7 Å². The SMILES string of the molecule is C=CCOc1ccc(C[NH+](C)CC(=O)N[C@@H](C)c2cccs2)cc1. The lowest BCUT2D eigenvalue weighted by Crippen LogP contribution is -3.08. The van der Waals surface area contributed by atoms with E-state index in [1.54, 1.807) is 17.4 Å². The predicted molar refractivity (Wildman–Crippen MR) is 98.5 cm³/mol. The van der Waals surface area contributed by atoms with Crippen molar-refractivity contribution in [3.05, 3.63) is 64.9 Å². The quantitative estimate of drug-likeness (QED) is 0.684. The average Bonchev–Trinajstić information content (AvgIpc) is 3.08. The van der Waals surface area contributed by atoms with Crippen molar-refractivity contribution in [2.75, 3.05) is 20.2 Å². The molecule has 1 aromatic heterocycles. The van der Waals surface area contributed by atoms with Gasteiger partial charge in [-0.15, -0.1) is 11.3 Å². The topological polar surface area (TPSA) is 42.8 Å². The van der Waals surface area contributed by atoms with Gasteiger partial charge in [-0.3, -0.25) is 4.79 Å². The standard InChI is InChI=1S/C19H24N2O2S/c1-4-11-23-17-9-7-16(8-10-17)13-21(3)14-19(22)20-15(2)18-6-5-12-24-18/h4-10,12,15H,1,11,13-14H2,2-3H3,(H,20,22)/p+1/t15-/m0/s1. The van der Waals surface area contributed by atoms with E-state index in [0.29, 0.717) is 13.2 Å². The number of nitrogens with one attached hydrogen (secondary N) is 2. The zero-order valence-electron chi connectivity index (χ0n) is 14.2. The molecule has 2 N–H and O–H groups in total. The highest BCUT2D eigenvalue weighted by molar-refractivity contribution is 7.10. The van der Waals surface area contributed by atoms with Crippen molar-refractivity contribution in [1.29, 1.82) is 0 Å². The van der Waals surface area contributed by atoms with Crippen LogP contribution in [0.3, 0.4) is 0 Å². The van der Waals surface area contributed by atoms with Crippen molar-refractivity contribution in [3.63, 3.8) is 0 Å². The summed E-state index contributed by atoms with van der Waals surface area (Å²) in [4.78, 5) is 14.5. The van der Waals surface area contributed by atoms with Gasteiger partial charge in [0.05, 0.1) is 13.1 Å². The number of quaternary nitrogens is 1. The molecule has 0 bridgehead atoms.